The molecule has 0 N–H and O–H groups in total. The highest BCUT2D eigenvalue weighted by Gasteiger charge is 2.31. The van der Waals surface area contributed by atoms with E-state index in [0.29, 0.717) is 0 Å². The molecule has 0 aromatic heterocycles. The second kappa shape index (κ2) is 8.70. The summed E-state index contributed by atoms with van der Waals surface area (Å²) in [5, 5.41) is 0. The Balaban J connectivity index is 1.74. The maximum Gasteiger partial charge on any atom is 0.253 e. The predicted molar refractivity (Wildman–Crippen MR) is 118 cm³/mol. The number of rotatable bonds is 5. The molecule has 0 unspecified atom stereocenters. The van der Waals surface area contributed by atoms with Gasteiger partial charge in [0, 0.05) is 45.8 Å². The molecule has 0 aliphatic carbocycles. The number of nitrogens with zero attached hydrogens (tertiary/aromatic N) is 3. The fourth-order valence-electron chi connectivity index (χ4n) is 3.34. The third-order valence-corrected chi connectivity index (χ3v) is 9.21. The Bertz CT molecular complexity index is 1200. The quantitative estimate of drug-likeness (QED) is 0.670. The average molecular weight is 466 g/mol. The van der Waals surface area contributed by atoms with Crippen LogP contribution in [0.2, 0.25) is 0 Å². The summed E-state index contributed by atoms with van der Waals surface area (Å²) in [5.41, 5.74) is 2.18. The first-order valence-electron chi connectivity index (χ1n) is 9.84. The number of sulfonamides is 2. The van der Waals surface area contributed by atoms with Gasteiger partial charge in [0.15, 0.2) is 0 Å². The van der Waals surface area contributed by atoms with Crippen LogP contribution in [0.5, 0.6) is 0 Å². The van der Waals surface area contributed by atoms with E-state index >= 15 is 0 Å². The van der Waals surface area contributed by atoms with Gasteiger partial charge in [-0.2, -0.15) is 4.31 Å². The fourth-order valence-corrected chi connectivity index (χ4v) is 5.79. The molecular weight excluding hydrogens is 438 g/mol. The van der Waals surface area contributed by atoms with Crippen LogP contribution in [0.4, 0.5) is 0 Å². The molecule has 2 aromatic carbocycles. The number of carbonyl (C=O) groups is 1. The maximum atomic E-state index is 13.0. The summed E-state index contributed by atoms with van der Waals surface area (Å²) in [6, 6.07) is 11.0. The van der Waals surface area contributed by atoms with Crippen molar-refractivity contribution in [2.45, 2.75) is 23.6 Å². The van der Waals surface area contributed by atoms with Crippen molar-refractivity contribution < 1.29 is 21.6 Å². The number of hydrogen-bond donors (Lipinski definition) is 0. The molecule has 1 amide bonds. The third kappa shape index (κ3) is 4.67. The molecule has 8 nitrogen and oxygen atoms in total. The Morgan fingerprint density at radius 2 is 1.48 bits per heavy atom. The summed E-state index contributed by atoms with van der Waals surface area (Å²) in [7, 11) is -4.43. The van der Waals surface area contributed by atoms with E-state index in [1.807, 2.05) is 13.8 Å². The molecule has 31 heavy (non-hydrogen) atoms. The van der Waals surface area contributed by atoms with E-state index in [9.17, 15) is 21.6 Å². The number of benzene rings is 2. The van der Waals surface area contributed by atoms with Crippen molar-refractivity contribution in [1.29, 1.82) is 0 Å². The van der Waals surface area contributed by atoms with Gasteiger partial charge in [-0.05, 0) is 55.3 Å². The minimum Gasteiger partial charge on any atom is -0.336 e. The molecule has 2 aromatic rings. The van der Waals surface area contributed by atoms with Crippen molar-refractivity contribution in [1.82, 2.24) is 13.5 Å². The zero-order chi connectivity index (χ0) is 23.0. The Hall–Kier alpha value is -2.27. The van der Waals surface area contributed by atoms with E-state index < -0.39 is 20.0 Å². The summed E-state index contributed by atoms with van der Waals surface area (Å²) in [6.07, 6.45) is 0. The number of aryl methyl sites for hydroxylation is 2. The molecule has 0 spiro atoms. The fraction of sp³-hybridized carbons (Fsp3) is 0.381. The molecule has 0 bridgehead atoms. The lowest BCUT2D eigenvalue weighted by Gasteiger charge is -2.34. The molecule has 0 radical (unpaired) electrons. The van der Waals surface area contributed by atoms with Crippen LogP contribution in [-0.2, 0) is 20.0 Å². The number of amides is 1. The highest BCUT2D eigenvalue weighted by molar-refractivity contribution is 7.89. The van der Waals surface area contributed by atoms with Gasteiger partial charge in [-0.15, -0.1) is 0 Å². The van der Waals surface area contributed by atoms with Crippen molar-refractivity contribution in [3.63, 3.8) is 0 Å². The van der Waals surface area contributed by atoms with E-state index in [4.69, 9.17) is 0 Å². The predicted octanol–water partition coefficient (Wildman–Crippen LogP) is 1.70. The average Bonchev–Trinajstić information content (AvgIpc) is 2.75. The van der Waals surface area contributed by atoms with Gasteiger partial charge in [-0.25, -0.2) is 21.1 Å². The molecule has 10 heteroatoms. The summed E-state index contributed by atoms with van der Waals surface area (Å²) < 4.78 is 53.1. The van der Waals surface area contributed by atoms with Gasteiger partial charge in [0.25, 0.3) is 5.91 Å². The molecule has 1 aliphatic rings. The van der Waals surface area contributed by atoms with E-state index in [-0.39, 0.29) is 47.4 Å². The molecular formula is C21H27N3O5S2. The van der Waals surface area contributed by atoms with Crippen LogP contribution in [0.15, 0.2) is 52.3 Å². The van der Waals surface area contributed by atoms with E-state index in [1.165, 1.54) is 36.6 Å². The van der Waals surface area contributed by atoms with Gasteiger partial charge in [-0.1, -0.05) is 12.1 Å². The summed E-state index contributed by atoms with van der Waals surface area (Å²) >= 11 is 0. The van der Waals surface area contributed by atoms with Crippen LogP contribution in [0, 0.1) is 13.8 Å². The van der Waals surface area contributed by atoms with E-state index in [2.05, 4.69) is 0 Å². The topological polar surface area (TPSA) is 95.1 Å². The van der Waals surface area contributed by atoms with Crippen LogP contribution in [-0.4, -0.2) is 76.5 Å². The highest BCUT2D eigenvalue weighted by Crippen LogP contribution is 2.22. The first-order valence-corrected chi connectivity index (χ1v) is 12.7. The van der Waals surface area contributed by atoms with Crippen LogP contribution < -0.4 is 0 Å². The van der Waals surface area contributed by atoms with Gasteiger partial charge in [0.1, 0.15) is 0 Å². The minimum atomic E-state index is -3.65. The highest BCUT2D eigenvalue weighted by atomic mass is 32.2. The first kappa shape index (κ1) is 23.4. The van der Waals surface area contributed by atoms with Gasteiger partial charge >= 0.3 is 0 Å². The molecule has 3 rings (SSSR count). The molecule has 168 valence electrons. The van der Waals surface area contributed by atoms with Crippen molar-refractivity contribution in [3.05, 3.63) is 59.2 Å². The Kier molecular flexibility index (Phi) is 6.56. The van der Waals surface area contributed by atoms with Crippen LogP contribution >= 0.6 is 0 Å². The van der Waals surface area contributed by atoms with Gasteiger partial charge in [0.05, 0.1) is 9.79 Å². The molecule has 1 heterocycles. The van der Waals surface area contributed by atoms with Crippen LogP contribution in [0.25, 0.3) is 0 Å². The lowest BCUT2D eigenvalue weighted by molar-refractivity contribution is 0.0697. The molecule has 0 atom stereocenters. The Morgan fingerprint density at radius 1 is 0.839 bits per heavy atom. The zero-order valence-electron chi connectivity index (χ0n) is 18.1. The number of hydrogen-bond acceptors (Lipinski definition) is 5. The minimum absolute atomic E-state index is 0.0410. The smallest absolute Gasteiger partial charge is 0.253 e. The molecule has 1 aliphatic heterocycles. The second-order valence-electron chi connectivity index (χ2n) is 7.76. The van der Waals surface area contributed by atoms with Crippen molar-refractivity contribution in [3.8, 4) is 0 Å². The van der Waals surface area contributed by atoms with Gasteiger partial charge in [0.2, 0.25) is 20.0 Å². The van der Waals surface area contributed by atoms with E-state index in [0.717, 1.165) is 15.4 Å². The van der Waals surface area contributed by atoms with E-state index in [1.54, 1.807) is 29.2 Å². The summed E-state index contributed by atoms with van der Waals surface area (Å²) in [5.74, 6) is -0.320. The van der Waals surface area contributed by atoms with Gasteiger partial charge < -0.3 is 4.90 Å². The van der Waals surface area contributed by atoms with Crippen molar-refractivity contribution >= 4 is 26.0 Å². The Morgan fingerprint density at radius 3 is 2.06 bits per heavy atom. The first-order chi connectivity index (χ1) is 14.4. The standard InChI is InChI=1S/C21H27N3O5S2/c1-16-8-9-20(14-17(16)2)31(28,29)24-12-10-23(11-13-24)21(25)18-6-5-7-19(15-18)30(26,27)22(3)4/h5-9,14-15H,10-13H2,1-4H3. The Labute approximate surface area is 184 Å². The summed E-state index contributed by atoms with van der Waals surface area (Å²) in [6.45, 7) is 4.61. The number of piperazine rings is 1. The molecule has 1 saturated heterocycles. The SMILES string of the molecule is Cc1ccc(S(=O)(=O)N2CCN(C(=O)c3cccc(S(=O)(=O)N(C)C)c3)CC2)cc1C. The van der Waals surface area contributed by atoms with Crippen molar-refractivity contribution in [2.75, 3.05) is 40.3 Å². The van der Waals surface area contributed by atoms with Gasteiger partial charge in [-0.3, -0.25) is 4.79 Å². The number of carbonyl (C=O) groups excluding carboxylic acids is 1. The molecule has 0 saturated carbocycles. The summed E-state index contributed by atoms with van der Waals surface area (Å²) in [4.78, 5) is 14.7. The second-order valence-corrected chi connectivity index (χ2v) is 11.8. The van der Waals surface area contributed by atoms with Crippen LogP contribution in [0.3, 0.4) is 0 Å². The lowest BCUT2D eigenvalue weighted by atomic mass is 10.1. The normalized spacial score (nSPS) is 16.0. The zero-order valence-corrected chi connectivity index (χ0v) is 19.7. The lowest BCUT2D eigenvalue weighted by Crippen LogP contribution is -2.50. The van der Waals surface area contributed by atoms with Crippen molar-refractivity contribution in [2.24, 2.45) is 0 Å². The third-order valence-electron chi connectivity index (χ3n) is 5.50. The molecule has 1 fully saturated rings. The largest absolute Gasteiger partial charge is 0.336 e. The van der Waals surface area contributed by atoms with Crippen LogP contribution in [0.1, 0.15) is 21.5 Å². The monoisotopic (exact) mass is 465 g/mol. The maximum absolute atomic E-state index is 13.0.